The minimum atomic E-state index is 0.578. The third-order valence-electron chi connectivity index (χ3n) is 4.55. The van der Waals surface area contributed by atoms with Crippen LogP contribution in [-0.4, -0.2) is 36.7 Å². The predicted molar refractivity (Wildman–Crippen MR) is 83.6 cm³/mol. The second-order valence-electron chi connectivity index (χ2n) is 6.26. The van der Waals surface area contributed by atoms with Crippen molar-refractivity contribution in [3.63, 3.8) is 0 Å². The van der Waals surface area contributed by atoms with Crippen LogP contribution < -0.4 is 10.1 Å². The van der Waals surface area contributed by atoms with E-state index in [4.69, 9.17) is 4.74 Å². The summed E-state index contributed by atoms with van der Waals surface area (Å²) in [6, 6.07) is 7.63. The summed E-state index contributed by atoms with van der Waals surface area (Å²) in [6.07, 6.45) is 4.96. The number of nitrogens with zero attached hydrogens (tertiary/aromatic N) is 1. The van der Waals surface area contributed by atoms with Crippen LogP contribution in [0.4, 0.5) is 5.69 Å². The fourth-order valence-corrected chi connectivity index (χ4v) is 3.50. The Morgan fingerprint density at radius 1 is 1.35 bits per heavy atom. The van der Waals surface area contributed by atoms with Gasteiger partial charge in [0.05, 0.1) is 5.69 Å². The van der Waals surface area contributed by atoms with Gasteiger partial charge in [0.2, 0.25) is 0 Å². The molecule has 1 saturated heterocycles. The highest BCUT2D eigenvalue weighted by molar-refractivity contribution is 5.63. The highest BCUT2D eigenvalue weighted by atomic mass is 16.5. The first-order valence-electron chi connectivity index (χ1n) is 8.00. The number of hydrogen-bond donors (Lipinski definition) is 1. The number of aryl methyl sites for hydroxylation is 1. The summed E-state index contributed by atoms with van der Waals surface area (Å²) in [6.45, 7) is 7.66. The molecule has 2 aliphatic heterocycles. The molecule has 0 bridgehead atoms. The maximum atomic E-state index is 6.16. The monoisotopic (exact) mass is 274 g/mol. The van der Waals surface area contributed by atoms with E-state index < -0.39 is 0 Å². The second-order valence-corrected chi connectivity index (χ2v) is 6.26. The highest BCUT2D eigenvalue weighted by Crippen LogP contribution is 2.32. The molecular weight excluding hydrogens is 248 g/mol. The molecule has 0 spiro atoms. The number of rotatable bonds is 4. The van der Waals surface area contributed by atoms with Crippen molar-refractivity contribution in [3.8, 4) is 5.75 Å². The van der Waals surface area contributed by atoms with Crippen molar-refractivity contribution in [1.82, 2.24) is 4.90 Å². The van der Waals surface area contributed by atoms with Gasteiger partial charge in [0.15, 0.2) is 0 Å². The second kappa shape index (κ2) is 6.04. The number of likely N-dealkylation sites (tertiary alicyclic amines) is 1. The van der Waals surface area contributed by atoms with Crippen molar-refractivity contribution < 1.29 is 4.74 Å². The van der Waals surface area contributed by atoms with Gasteiger partial charge in [-0.15, -0.1) is 0 Å². The number of anilines is 1. The molecule has 0 amide bonds. The van der Waals surface area contributed by atoms with Gasteiger partial charge in [-0.2, -0.15) is 0 Å². The van der Waals surface area contributed by atoms with Crippen LogP contribution in [0.15, 0.2) is 18.2 Å². The van der Waals surface area contributed by atoms with Gasteiger partial charge in [-0.05, 0) is 57.7 Å². The van der Waals surface area contributed by atoms with Crippen molar-refractivity contribution in [2.45, 2.75) is 51.6 Å². The minimum absolute atomic E-state index is 0.578. The van der Waals surface area contributed by atoms with E-state index in [-0.39, 0.29) is 0 Å². The zero-order valence-electron chi connectivity index (χ0n) is 12.7. The van der Waals surface area contributed by atoms with Crippen molar-refractivity contribution >= 4 is 5.69 Å². The number of para-hydroxylation sites is 1. The van der Waals surface area contributed by atoms with Crippen LogP contribution in [0, 0.1) is 0 Å². The van der Waals surface area contributed by atoms with E-state index in [0.29, 0.717) is 12.1 Å². The molecule has 1 aromatic carbocycles. The van der Waals surface area contributed by atoms with Crippen LogP contribution in [0.5, 0.6) is 5.75 Å². The standard InChI is InChI=1S/C17H26N2O/c1-13(2)19-11-5-8-15(19)12-20-16-9-3-6-14-7-4-10-18-17(14)16/h3,6,9,13,15,18H,4-5,7-8,10-12H2,1-2H3. The molecule has 110 valence electrons. The number of ether oxygens (including phenoxy) is 1. The maximum Gasteiger partial charge on any atom is 0.142 e. The van der Waals surface area contributed by atoms with E-state index >= 15 is 0 Å². The van der Waals surface area contributed by atoms with Gasteiger partial charge in [0, 0.05) is 18.6 Å². The van der Waals surface area contributed by atoms with Gasteiger partial charge < -0.3 is 10.1 Å². The molecule has 3 nitrogen and oxygen atoms in total. The Kier molecular flexibility index (Phi) is 4.16. The summed E-state index contributed by atoms with van der Waals surface area (Å²) in [5.74, 6) is 1.04. The average molecular weight is 274 g/mol. The zero-order chi connectivity index (χ0) is 13.9. The van der Waals surface area contributed by atoms with Crippen LogP contribution in [0.1, 0.15) is 38.7 Å². The Balaban J connectivity index is 1.67. The first-order chi connectivity index (χ1) is 9.75. The molecule has 1 unspecified atom stereocenters. The van der Waals surface area contributed by atoms with Gasteiger partial charge in [-0.3, -0.25) is 4.90 Å². The van der Waals surface area contributed by atoms with Crippen LogP contribution >= 0.6 is 0 Å². The lowest BCUT2D eigenvalue weighted by Gasteiger charge is -2.29. The molecule has 3 rings (SSSR count). The topological polar surface area (TPSA) is 24.5 Å². The summed E-state index contributed by atoms with van der Waals surface area (Å²) in [4.78, 5) is 2.57. The van der Waals surface area contributed by atoms with Crippen molar-refractivity contribution in [2.75, 3.05) is 25.0 Å². The van der Waals surface area contributed by atoms with Gasteiger partial charge in [0.1, 0.15) is 12.4 Å². The van der Waals surface area contributed by atoms with Crippen LogP contribution in [0.3, 0.4) is 0 Å². The summed E-state index contributed by atoms with van der Waals surface area (Å²) in [5.41, 5.74) is 2.63. The quantitative estimate of drug-likeness (QED) is 0.911. The Morgan fingerprint density at radius 2 is 2.25 bits per heavy atom. The van der Waals surface area contributed by atoms with E-state index in [0.717, 1.165) is 18.9 Å². The number of hydrogen-bond acceptors (Lipinski definition) is 3. The minimum Gasteiger partial charge on any atom is -0.490 e. The third-order valence-corrected chi connectivity index (χ3v) is 4.55. The predicted octanol–water partition coefficient (Wildman–Crippen LogP) is 3.30. The smallest absolute Gasteiger partial charge is 0.142 e. The first kappa shape index (κ1) is 13.7. The van der Waals surface area contributed by atoms with Crippen LogP contribution in [0.2, 0.25) is 0 Å². The molecule has 1 atom stereocenters. The lowest BCUT2D eigenvalue weighted by atomic mass is 10.0. The fourth-order valence-electron chi connectivity index (χ4n) is 3.50. The van der Waals surface area contributed by atoms with Gasteiger partial charge in [-0.1, -0.05) is 12.1 Å². The van der Waals surface area contributed by atoms with E-state index in [2.05, 4.69) is 42.3 Å². The Bertz CT molecular complexity index is 458. The van der Waals surface area contributed by atoms with Crippen molar-refractivity contribution in [1.29, 1.82) is 0 Å². The summed E-state index contributed by atoms with van der Waals surface area (Å²) in [5, 5.41) is 3.50. The van der Waals surface area contributed by atoms with E-state index in [1.54, 1.807) is 0 Å². The van der Waals surface area contributed by atoms with Crippen molar-refractivity contribution in [3.05, 3.63) is 23.8 Å². The molecule has 0 aliphatic carbocycles. The third kappa shape index (κ3) is 2.78. The zero-order valence-corrected chi connectivity index (χ0v) is 12.7. The molecule has 1 fully saturated rings. The SMILES string of the molecule is CC(C)N1CCCC1COc1cccc2c1NCCC2. The molecule has 20 heavy (non-hydrogen) atoms. The van der Waals surface area contributed by atoms with Gasteiger partial charge in [-0.25, -0.2) is 0 Å². The molecular formula is C17H26N2O. The Morgan fingerprint density at radius 3 is 3.10 bits per heavy atom. The van der Waals surface area contributed by atoms with Crippen LogP contribution in [0.25, 0.3) is 0 Å². The molecule has 1 N–H and O–H groups in total. The molecule has 2 heterocycles. The summed E-state index contributed by atoms with van der Waals surface area (Å²) >= 11 is 0. The van der Waals surface area contributed by atoms with Crippen LogP contribution in [-0.2, 0) is 6.42 Å². The summed E-state index contributed by atoms with van der Waals surface area (Å²) < 4.78 is 6.16. The lowest BCUT2D eigenvalue weighted by molar-refractivity contribution is 0.144. The molecule has 3 heteroatoms. The van der Waals surface area contributed by atoms with Gasteiger partial charge in [0.25, 0.3) is 0 Å². The highest BCUT2D eigenvalue weighted by Gasteiger charge is 2.27. The van der Waals surface area contributed by atoms with E-state index in [1.807, 2.05) is 0 Å². The summed E-state index contributed by atoms with van der Waals surface area (Å²) in [7, 11) is 0. The first-order valence-corrected chi connectivity index (χ1v) is 8.00. The molecule has 0 aromatic heterocycles. The normalized spacial score (nSPS) is 22.6. The number of nitrogens with one attached hydrogen (secondary N) is 1. The average Bonchev–Trinajstić information content (AvgIpc) is 2.93. The molecule has 2 aliphatic rings. The number of fused-ring (bicyclic) bond motifs is 1. The molecule has 0 saturated carbocycles. The maximum absolute atomic E-state index is 6.16. The fraction of sp³-hybridized carbons (Fsp3) is 0.647. The number of benzene rings is 1. The van der Waals surface area contributed by atoms with Crippen molar-refractivity contribution in [2.24, 2.45) is 0 Å². The molecule has 0 radical (unpaired) electrons. The molecule has 1 aromatic rings. The van der Waals surface area contributed by atoms with E-state index in [9.17, 15) is 0 Å². The van der Waals surface area contributed by atoms with Gasteiger partial charge >= 0.3 is 0 Å². The van der Waals surface area contributed by atoms with E-state index in [1.165, 1.54) is 43.5 Å². The largest absolute Gasteiger partial charge is 0.490 e. The Hall–Kier alpha value is -1.22. The lowest BCUT2D eigenvalue weighted by Crippen LogP contribution is -2.39. The Labute approximate surface area is 122 Å².